The fourth-order valence-corrected chi connectivity index (χ4v) is 3.93. The van der Waals surface area contributed by atoms with Gasteiger partial charge in [0.05, 0.1) is 17.9 Å². The number of alkyl halides is 3. The molecule has 1 aliphatic carbocycles. The van der Waals surface area contributed by atoms with Gasteiger partial charge < -0.3 is 9.47 Å². The van der Waals surface area contributed by atoms with E-state index in [4.69, 9.17) is 4.74 Å². The van der Waals surface area contributed by atoms with Crippen LogP contribution in [0.4, 0.5) is 13.2 Å². The molecule has 0 unspecified atom stereocenters. The van der Waals surface area contributed by atoms with Crippen LogP contribution in [0.2, 0.25) is 0 Å². The largest absolute Gasteiger partial charge is 0.573 e. The van der Waals surface area contributed by atoms with Gasteiger partial charge in [-0.15, -0.1) is 13.2 Å². The lowest BCUT2D eigenvalue weighted by Crippen LogP contribution is -2.35. The minimum atomic E-state index is -4.85. The molecule has 0 N–H and O–H groups in total. The molecule has 0 radical (unpaired) electrons. The maximum absolute atomic E-state index is 12.7. The van der Waals surface area contributed by atoms with Crippen LogP contribution in [0.25, 0.3) is 0 Å². The predicted octanol–water partition coefficient (Wildman–Crippen LogP) is 2.69. The van der Waals surface area contributed by atoms with Crippen molar-refractivity contribution in [3.63, 3.8) is 0 Å². The maximum atomic E-state index is 12.7. The average Bonchev–Trinajstić information content (AvgIpc) is 3.31. The van der Waals surface area contributed by atoms with Gasteiger partial charge in [0, 0.05) is 12.6 Å². The number of carbonyl (C=O) groups is 1. The molecule has 25 heavy (non-hydrogen) atoms. The van der Waals surface area contributed by atoms with Crippen LogP contribution in [0.3, 0.4) is 0 Å². The highest BCUT2D eigenvalue weighted by molar-refractivity contribution is 7.89. The predicted molar refractivity (Wildman–Crippen MR) is 81.3 cm³/mol. The summed E-state index contributed by atoms with van der Waals surface area (Å²) in [5.74, 6) is -1.01. The highest BCUT2D eigenvalue weighted by atomic mass is 32.2. The summed E-state index contributed by atoms with van der Waals surface area (Å²) >= 11 is 0. The lowest BCUT2D eigenvalue weighted by molar-refractivity contribution is -0.274. The molecule has 6 nitrogen and oxygen atoms in total. The molecule has 1 fully saturated rings. The first-order valence-corrected chi connectivity index (χ1v) is 9.11. The Morgan fingerprint density at radius 1 is 1.24 bits per heavy atom. The van der Waals surface area contributed by atoms with Crippen molar-refractivity contribution in [1.82, 2.24) is 4.31 Å². The van der Waals surface area contributed by atoms with Crippen LogP contribution in [-0.2, 0) is 19.6 Å². The zero-order valence-electron chi connectivity index (χ0n) is 13.5. The number of hydrogen-bond acceptors (Lipinski definition) is 5. The smallest absolute Gasteiger partial charge is 0.466 e. The van der Waals surface area contributed by atoms with Gasteiger partial charge in [0.15, 0.2) is 0 Å². The van der Waals surface area contributed by atoms with E-state index >= 15 is 0 Å². The summed E-state index contributed by atoms with van der Waals surface area (Å²) < 4.78 is 71.6. The highest BCUT2D eigenvalue weighted by Crippen LogP contribution is 2.33. The number of halogens is 3. The third kappa shape index (κ3) is 5.60. The van der Waals surface area contributed by atoms with E-state index < -0.39 is 28.1 Å². The van der Waals surface area contributed by atoms with Crippen molar-refractivity contribution in [2.75, 3.05) is 13.2 Å². The van der Waals surface area contributed by atoms with Gasteiger partial charge in [-0.2, -0.15) is 4.31 Å². The van der Waals surface area contributed by atoms with Crippen molar-refractivity contribution in [1.29, 1.82) is 0 Å². The number of carbonyl (C=O) groups excluding carboxylic acids is 1. The van der Waals surface area contributed by atoms with Gasteiger partial charge in [-0.3, -0.25) is 4.79 Å². The molecule has 0 atom stereocenters. The molecule has 0 saturated heterocycles. The lowest BCUT2D eigenvalue weighted by Gasteiger charge is -2.21. The summed E-state index contributed by atoms with van der Waals surface area (Å²) in [6.07, 6.45) is -3.58. The van der Waals surface area contributed by atoms with E-state index in [1.54, 1.807) is 6.92 Å². The standard InChI is InChI=1S/C15H18F3NO5S/c1-2-23-14(20)9-10-19(11-3-4-11)25(21,22)13-7-5-12(6-8-13)24-15(16,17)18/h5-8,11H,2-4,9-10H2,1H3. The highest BCUT2D eigenvalue weighted by Gasteiger charge is 2.38. The van der Waals surface area contributed by atoms with Crippen LogP contribution in [-0.4, -0.2) is 44.2 Å². The monoisotopic (exact) mass is 381 g/mol. The zero-order valence-corrected chi connectivity index (χ0v) is 14.3. The molecule has 0 heterocycles. The van der Waals surface area contributed by atoms with Crippen LogP contribution in [0, 0.1) is 0 Å². The molecule has 10 heteroatoms. The first-order chi connectivity index (χ1) is 11.6. The summed E-state index contributed by atoms with van der Waals surface area (Å²) in [6.45, 7) is 1.82. The Balaban J connectivity index is 2.12. The minimum absolute atomic E-state index is 0.0351. The normalized spacial score (nSPS) is 15.2. The van der Waals surface area contributed by atoms with Crippen molar-refractivity contribution in [3.05, 3.63) is 24.3 Å². The molecule has 140 valence electrons. The Bertz CT molecular complexity index is 699. The van der Waals surface area contributed by atoms with E-state index in [-0.39, 0.29) is 30.5 Å². The fraction of sp³-hybridized carbons (Fsp3) is 0.533. The van der Waals surface area contributed by atoms with Crippen LogP contribution in [0.1, 0.15) is 26.2 Å². The van der Waals surface area contributed by atoms with Gasteiger partial charge in [-0.25, -0.2) is 8.42 Å². The number of ether oxygens (including phenoxy) is 2. The van der Waals surface area contributed by atoms with E-state index in [9.17, 15) is 26.4 Å². The number of sulfonamides is 1. The van der Waals surface area contributed by atoms with E-state index in [0.717, 1.165) is 24.3 Å². The molecule has 1 aromatic carbocycles. The summed E-state index contributed by atoms with van der Waals surface area (Å²) in [7, 11) is -3.92. The average molecular weight is 381 g/mol. The molecule has 1 aromatic rings. The van der Waals surface area contributed by atoms with Gasteiger partial charge in [-0.1, -0.05) is 0 Å². The molecular weight excluding hydrogens is 363 g/mol. The Hall–Kier alpha value is -1.81. The van der Waals surface area contributed by atoms with Gasteiger partial charge in [0.25, 0.3) is 0 Å². The van der Waals surface area contributed by atoms with Crippen molar-refractivity contribution in [3.8, 4) is 5.75 Å². The van der Waals surface area contributed by atoms with Crippen LogP contribution in [0.15, 0.2) is 29.2 Å². The third-order valence-electron chi connectivity index (χ3n) is 3.46. The van der Waals surface area contributed by atoms with Crippen LogP contribution in [0.5, 0.6) is 5.75 Å². The second-order valence-corrected chi connectivity index (χ2v) is 7.31. The second-order valence-electron chi connectivity index (χ2n) is 5.42. The van der Waals surface area contributed by atoms with E-state index in [2.05, 4.69) is 4.74 Å². The Morgan fingerprint density at radius 3 is 2.32 bits per heavy atom. The van der Waals surface area contributed by atoms with Gasteiger partial charge in [-0.05, 0) is 44.0 Å². The Labute approximate surface area is 143 Å². The summed E-state index contributed by atoms with van der Waals surface area (Å²) in [6, 6.07) is 3.78. The summed E-state index contributed by atoms with van der Waals surface area (Å²) in [4.78, 5) is 11.3. The Morgan fingerprint density at radius 2 is 1.84 bits per heavy atom. The second kappa shape index (κ2) is 7.61. The SMILES string of the molecule is CCOC(=O)CCN(C1CC1)S(=O)(=O)c1ccc(OC(F)(F)F)cc1. The molecular formula is C15H18F3NO5S. The first-order valence-electron chi connectivity index (χ1n) is 7.67. The van der Waals surface area contributed by atoms with Crippen LogP contribution >= 0.6 is 0 Å². The number of rotatable bonds is 8. The van der Waals surface area contributed by atoms with Crippen molar-refractivity contribution in [2.24, 2.45) is 0 Å². The lowest BCUT2D eigenvalue weighted by atomic mass is 10.3. The zero-order chi connectivity index (χ0) is 18.7. The topological polar surface area (TPSA) is 72.9 Å². The van der Waals surface area contributed by atoms with E-state index in [0.29, 0.717) is 12.8 Å². The van der Waals surface area contributed by atoms with Gasteiger partial charge >= 0.3 is 12.3 Å². The van der Waals surface area contributed by atoms with Crippen molar-refractivity contribution >= 4 is 16.0 Å². The third-order valence-corrected chi connectivity index (χ3v) is 5.43. The molecule has 0 amide bonds. The molecule has 0 bridgehead atoms. The van der Waals surface area contributed by atoms with E-state index in [1.165, 1.54) is 4.31 Å². The molecule has 1 aliphatic rings. The molecule has 2 rings (SSSR count). The van der Waals surface area contributed by atoms with Crippen molar-refractivity contribution in [2.45, 2.75) is 43.5 Å². The number of esters is 1. The quantitative estimate of drug-likeness (QED) is 0.648. The minimum Gasteiger partial charge on any atom is -0.466 e. The van der Waals surface area contributed by atoms with E-state index in [1.807, 2.05) is 0 Å². The van der Waals surface area contributed by atoms with Gasteiger partial charge in [0.1, 0.15) is 5.75 Å². The summed E-state index contributed by atoms with van der Waals surface area (Å²) in [5.41, 5.74) is 0. The summed E-state index contributed by atoms with van der Waals surface area (Å²) in [5, 5.41) is 0. The van der Waals surface area contributed by atoms with Crippen molar-refractivity contribution < 1.29 is 35.9 Å². The van der Waals surface area contributed by atoms with Gasteiger partial charge in [0.2, 0.25) is 10.0 Å². The van der Waals surface area contributed by atoms with Crippen LogP contribution < -0.4 is 4.74 Å². The molecule has 1 saturated carbocycles. The number of nitrogens with zero attached hydrogens (tertiary/aromatic N) is 1. The Kier molecular flexibility index (Phi) is 5.94. The first kappa shape index (κ1) is 19.5. The number of hydrogen-bond donors (Lipinski definition) is 0. The fourth-order valence-electron chi connectivity index (χ4n) is 2.24. The molecule has 0 aromatic heterocycles. The maximum Gasteiger partial charge on any atom is 0.573 e. The number of benzene rings is 1. The molecule has 0 aliphatic heterocycles. The molecule has 0 spiro atoms.